The van der Waals surface area contributed by atoms with Gasteiger partial charge in [0.25, 0.3) is 5.91 Å². The van der Waals surface area contributed by atoms with Crippen LogP contribution in [-0.2, 0) is 4.79 Å². The quantitative estimate of drug-likeness (QED) is 0.750. The first-order valence-corrected chi connectivity index (χ1v) is 11.2. The van der Waals surface area contributed by atoms with Gasteiger partial charge in [0, 0.05) is 10.9 Å². The molecule has 2 unspecified atom stereocenters. The standard InChI is InChI=1S/C23H27NO4S/c1-14-7-9-16(10-8-14)20-13-18(21(29-20)23(27)28)24-17(11-12-19(25)22(24)26)15-5-3-2-4-6-15/h7-10,13,15,17,19,25H,2-6,11-12H2,1H3,(H,27,28). The highest BCUT2D eigenvalue weighted by molar-refractivity contribution is 7.18. The van der Waals surface area contributed by atoms with Crippen LogP contribution >= 0.6 is 11.3 Å². The molecule has 0 radical (unpaired) electrons. The van der Waals surface area contributed by atoms with Gasteiger partial charge in [-0.3, -0.25) is 4.79 Å². The number of aliphatic hydroxyl groups is 1. The Labute approximate surface area is 175 Å². The summed E-state index contributed by atoms with van der Waals surface area (Å²) in [4.78, 5) is 27.7. The molecule has 2 aromatic rings. The third-order valence-electron chi connectivity index (χ3n) is 6.29. The zero-order chi connectivity index (χ0) is 20.5. The minimum absolute atomic E-state index is 0.0373. The summed E-state index contributed by atoms with van der Waals surface area (Å²) in [5, 5.41) is 20.1. The smallest absolute Gasteiger partial charge is 0.348 e. The SMILES string of the molecule is Cc1ccc(-c2cc(N3C(=O)C(O)CCC3C3CCCCC3)c(C(=O)O)s2)cc1. The summed E-state index contributed by atoms with van der Waals surface area (Å²) in [7, 11) is 0. The fraction of sp³-hybridized carbons (Fsp3) is 0.478. The lowest BCUT2D eigenvalue weighted by Crippen LogP contribution is -2.54. The van der Waals surface area contributed by atoms with Crippen LogP contribution < -0.4 is 4.90 Å². The van der Waals surface area contributed by atoms with Gasteiger partial charge in [-0.05, 0) is 50.2 Å². The largest absolute Gasteiger partial charge is 0.477 e. The van der Waals surface area contributed by atoms with Gasteiger partial charge < -0.3 is 15.1 Å². The van der Waals surface area contributed by atoms with E-state index in [0.29, 0.717) is 24.4 Å². The Morgan fingerprint density at radius 3 is 2.41 bits per heavy atom. The summed E-state index contributed by atoms with van der Waals surface area (Å²) in [6.07, 6.45) is 5.74. The van der Waals surface area contributed by atoms with Gasteiger partial charge in [-0.2, -0.15) is 0 Å². The number of hydrogen-bond donors (Lipinski definition) is 2. The van der Waals surface area contributed by atoms with Gasteiger partial charge in [-0.1, -0.05) is 49.1 Å². The Morgan fingerprint density at radius 1 is 1.07 bits per heavy atom. The number of aryl methyl sites for hydroxylation is 1. The van der Waals surface area contributed by atoms with Crippen molar-refractivity contribution in [1.29, 1.82) is 0 Å². The van der Waals surface area contributed by atoms with Gasteiger partial charge in [0.1, 0.15) is 11.0 Å². The van der Waals surface area contributed by atoms with Crippen LogP contribution in [0.1, 0.15) is 60.2 Å². The number of carboxylic acid groups (broad SMARTS) is 1. The van der Waals surface area contributed by atoms with Crippen LogP contribution in [0.4, 0.5) is 5.69 Å². The Morgan fingerprint density at radius 2 is 1.76 bits per heavy atom. The summed E-state index contributed by atoms with van der Waals surface area (Å²) in [5.74, 6) is -1.02. The Balaban J connectivity index is 1.77. The fourth-order valence-electron chi connectivity index (χ4n) is 4.74. The number of aliphatic hydroxyl groups excluding tert-OH is 1. The van der Waals surface area contributed by atoms with Gasteiger partial charge in [-0.15, -0.1) is 11.3 Å². The molecule has 154 valence electrons. The van der Waals surface area contributed by atoms with Crippen LogP contribution in [-0.4, -0.2) is 34.2 Å². The third-order valence-corrected chi connectivity index (χ3v) is 7.45. The van der Waals surface area contributed by atoms with Gasteiger partial charge in [0.2, 0.25) is 0 Å². The zero-order valence-corrected chi connectivity index (χ0v) is 17.5. The summed E-state index contributed by atoms with van der Waals surface area (Å²) < 4.78 is 0. The maximum absolute atomic E-state index is 13.0. The minimum Gasteiger partial charge on any atom is -0.477 e. The average molecular weight is 414 g/mol. The molecule has 1 saturated heterocycles. The number of nitrogens with zero attached hydrogens (tertiary/aromatic N) is 1. The number of thiophene rings is 1. The second-order valence-electron chi connectivity index (χ2n) is 8.26. The van der Waals surface area contributed by atoms with Gasteiger partial charge in [0.15, 0.2) is 0 Å². The van der Waals surface area contributed by atoms with E-state index in [9.17, 15) is 19.8 Å². The molecule has 2 heterocycles. The molecule has 2 aliphatic rings. The van der Waals surface area contributed by atoms with Crippen LogP contribution in [0.5, 0.6) is 0 Å². The summed E-state index contributed by atoms with van der Waals surface area (Å²) >= 11 is 1.20. The zero-order valence-electron chi connectivity index (χ0n) is 16.6. The van der Waals surface area contributed by atoms with Crippen LogP contribution in [0.25, 0.3) is 10.4 Å². The molecule has 1 aromatic heterocycles. The minimum atomic E-state index is -1.06. The van der Waals surface area contributed by atoms with Crippen molar-refractivity contribution in [1.82, 2.24) is 0 Å². The molecule has 0 spiro atoms. The van der Waals surface area contributed by atoms with Crippen molar-refractivity contribution in [2.24, 2.45) is 5.92 Å². The molecule has 1 aliphatic heterocycles. The van der Waals surface area contributed by atoms with Crippen LogP contribution in [0.15, 0.2) is 30.3 Å². The number of anilines is 1. The number of carbonyl (C=O) groups is 2. The molecule has 6 heteroatoms. The molecular formula is C23H27NO4S. The van der Waals surface area contributed by atoms with Crippen molar-refractivity contribution in [3.05, 3.63) is 40.8 Å². The predicted molar refractivity (Wildman–Crippen MR) is 115 cm³/mol. The lowest BCUT2D eigenvalue weighted by atomic mass is 9.79. The molecule has 2 atom stereocenters. The van der Waals surface area contributed by atoms with E-state index in [2.05, 4.69) is 0 Å². The van der Waals surface area contributed by atoms with E-state index in [1.807, 2.05) is 37.3 Å². The summed E-state index contributed by atoms with van der Waals surface area (Å²) in [5.41, 5.74) is 2.52. The molecule has 1 saturated carbocycles. The van der Waals surface area contributed by atoms with Crippen molar-refractivity contribution in [2.75, 3.05) is 4.90 Å². The maximum atomic E-state index is 13.0. The van der Waals surface area contributed by atoms with Crippen molar-refractivity contribution in [3.8, 4) is 10.4 Å². The Hall–Kier alpha value is -2.18. The highest BCUT2D eigenvalue weighted by atomic mass is 32.1. The molecule has 1 aliphatic carbocycles. The second-order valence-corrected chi connectivity index (χ2v) is 9.32. The number of benzene rings is 1. The number of hydrogen-bond acceptors (Lipinski definition) is 4. The van der Waals surface area contributed by atoms with Gasteiger partial charge in [-0.25, -0.2) is 4.79 Å². The monoisotopic (exact) mass is 413 g/mol. The molecule has 0 bridgehead atoms. The van der Waals surface area contributed by atoms with Crippen LogP contribution in [0, 0.1) is 12.8 Å². The highest BCUT2D eigenvalue weighted by Gasteiger charge is 2.41. The van der Waals surface area contributed by atoms with Crippen molar-refractivity contribution in [3.63, 3.8) is 0 Å². The van der Waals surface area contributed by atoms with Crippen molar-refractivity contribution >= 4 is 28.9 Å². The fourth-order valence-corrected chi connectivity index (χ4v) is 5.74. The highest BCUT2D eigenvalue weighted by Crippen LogP contribution is 2.42. The van der Waals surface area contributed by atoms with E-state index >= 15 is 0 Å². The second kappa shape index (κ2) is 8.28. The molecule has 2 fully saturated rings. The number of carboxylic acids is 1. The van der Waals surface area contributed by atoms with Crippen LogP contribution in [0.3, 0.4) is 0 Å². The lowest BCUT2D eigenvalue weighted by Gasteiger charge is -2.43. The van der Waals surface area contributed by atoms with E-state index in [1.54, 1.807) is 4.90 Å². The molecule has 1 amide bonds. The van der Waals surface area contributed by atoms with Crippen LogP contribution in [0.2, 0.25) is 0 Å². The molecule has 4 rings (SSSR count). The van der Waals surface area contributed by atoms with E-state index in [4.69, 9.17) is 0 Å². The van der Waals surface area contributed by atoms with E-state index in [0.717, 1.165) is 41.7 Å². The molecule has 2 N–H and O–H groups in total. The van der Waals surface area contributed by atoms with E-state index in [-0.39, 0.29) is 16.8 Å². The summed E-state index contributed by atoms with van der Waals surface area (Å²) in [6.45, 7) is 2.01. The Bertz CT molecular complexity index is 898. The number of rotatable bonds is 4. The number of piperidine rings is 1. The first-order chi connectivity index (χ1) is 14.0. The molecule has 29 heavy (non-hydrogen) atoms. The lowest BCUT2D eigenvalue weighted by molar-refractivity contribution is -0.129. The normalized spacial score (nSPS) is 23.4. The van der Waals surface area contributed by atoms with Gasteiger partial charge in [0.05, 0.1) is 5.69 Å². The van der Waals surface area contributed by atoms with Gasteiger partial charge >= 0.3 is 5.97 Å². The number of amides is 1. The molecule has 5 nitrogen and oxygen atoms in total. The topological polar surface area (TPSA) is 77.8 Å². The molecule has 1 aromatic carbocycles. The Kier molecular flexibility index (Phi) is 5.74. The van der Waals surface area contributed by atoms with Crippen molar-refractivity contribution in [2.45, 2.75) is 64.0 Å². The first-order valence-electron chi connectivity index (χ1n) is 10.4. The predicted octanol–water partition coefficient (Wildman–Crippen LogP) is 4.86. The summed E-state index contributed by atoms with van der Waals surface area (Å²) in [6, 6.07) is 9.73. The van der Waals surface area contributed by atoms with E-state index < -0.39 is 12.1 Å². The third kappa shape index (κ3) is 3.96. The van der Waals surface area contributed by atoms with E-state index in [1.165, 1.54) is 17.8 Å². The number of aromatic carboxylic acids is 1. The average Bonchev–Trinajstić information content (AvgIpc) is 3.16. The maximum Gasteiger partial charge on any atom is 0.348 e. The van der Waals surface area contributed by atoms with Crippen molar-refractivity contribution < 1.29 is 19.8 Å². The molecular weight excluding hydrogens is 386 g/mol. The number of carbonyl (C=O) groups excluding carboxylic acids is 1. The first kappa shape index (κ1) is 20.1.